The van der Waals surface area contributed by atoms with E-state index in [9.17, 15) is 22.8 Å². The van der Waals surface area contributed by atoms with E-state index in [0.717, 1.165) is 16.0 Å². The van der Waals surface area contributed by atoms with Gasteiger partial charge in [0.05, 0.1) is 23.7 Å². The highest BCUT2D eigenvalue weighted by atomic mass is 32.1. The molecule has 8 nitrogen and oxygen atoms in total. The number of benzene rings is 3. The van der Waals surface area contributed by atoms with Crippen LogP contribution in [0.2, 0.25) is 0 Å². The first-order valence-electron chi connectivity index (χ1n) is 13.5. The Morgan fingerprint density at radius 2 is 1.60 bits per heavy atom. The molecule has 218 valence electrons. The van der Waals surface area contributed by atoms with Crippen LogP contribution in [0.1, 0.15) is 34.7 Å². The number of thiazole rings is 1. The second kappa shape index (κ2) is 11.8. The van der Waals surface area contributed by atoms with Gasteiger partial charge in [-0.1, -0.05) is 65.9 Å². The molecule has 1 aliphatic heterocycles. The molecule has 0 spiro atoms. The quantitative estimate of drug-likeness (QED) is 0.243. The molecule has 1 atom stereocenters. The van der Waals surface area contributed by atoms with Crippen LogP contribution in [0.3, 0.4) is 0 Å². The van der Waals surface area contributed by atoms with Crippen molar-refractivity contribution in [1.29, 1.82) is 0 Å². The molecule has 0 unspecified atom stereocenters. The average molecular weight is 603 g/mol. The molecule has 12 heteroatoms. The number of amides is 2. The summed E-state index contributed by atoms with van der Waals surface area (Å²) < 4.78 is 43.2. The van der Waals surface area contributed by atoms with Crippen LogP contribution in [0.25, 0.3) is 21.0 Å². The highest BCUT2D eigenvalue weighted by Crippen LogP contribution is 2.36. The van der Waals surface area contributed by atoms with E-state index in [1.165, 1.54) is 34.0 Å². The first kappa shape index (κ1) is 28.3. The summed E-state index contributed by atoms with van der Waals surface area (Å²) in [5, 5.41) is 8.74. The lowest BCUT2D eigenvalue weighted by molar-refractivity contribution is -0.135. The minimum Gasteiger partial charge on any atom is -0.333 e. The van der Waals surface area contributed by atoms with Crippen LogP contribution in [-0.2, 0) is 11.3 Å². The lowest BCUT2D eigenvalue weighted by Crippen LogP contribution is -2.52. The summed E-state index contributed by atoms with van der Waals surface area (Å²) in [7, 11) is 0. The van der Waals surface area contributed by atoms with E-state index in [0.29, 0.717) is 28.5 Å². The molecule has 0 bridgehead atoms. The summed E-state index contributed by atoms with van der Waals surface area (Å²) in [6.07, 6.45) is 1.49. The van der Waals surface area contributed by atoms with Crippen LogP contribution in [-0.4, -0.2) is 61.2 Å². The Labute approximate surface area is 249 Å². The topological polar surface area (TPSA) is 84.2 Å². The molecule has 0 aliphatic carbocycles. The van der Waals surface area contributed by atoms with Gasteiger partial charge in [-0.15, -0.1) is 16.4 Å². The van der Waals surface area contributed by atoms with E-state index in [-0.39, 0.29) is 43.6 Å². The Balaban J connectivity index is 1.16. The molecule has 0 radical (unpaired) electrons. The third-order valence-electron chi connectivity index (χ3n) is 7.26. The van der Waals surface area contributed by atoms with Gasteiger partial charge in [0.1, 0.15) is 40.4 Å². The Morgan fingerprint density at radius 1 is 0.953 bits per heavy atom. The molecular weight excluding hydrogens is 577 g/mol. The van der Waals surface area contributed by atoms with E-state index in [4.69, 9.17) is 4.98 Å². The van der Waals surface area contributed by atoms with Gasteiger partial charge in [0.15, 0.2) is 0 Å². The second-order valence-corrected chi connectivity index (χ2v) is 11.1. The first-order chi connectivity index (χ1) is 20.8. The number of rotatable bonds is 7. The number of aromatic nitrogens is 4. The lowest BCUT2D eigenvalue weighted by atomic mass is 10.1. The summed E-state index contributed by atoms with van der Waals surface area (Å²) in [6.45, 7) is 2.02. The molecule has 6 rings (SSSR count). The average Bonchev–Trinajstić information content (AvgIpc) is 3.66. The number of hydrogen-bond donors (Lipinski definition) is 0. The largest absolute Gasteiger partial charge is 0.333 e. The van der Waals surface area contributed by atoms with Crippen molar-refractivity contribution in [2.24, 2.45) is 0 Å². The Hall–Kier alpha value is -4.84. The number of carbonyl (C=O) groups excluding carboxylic acids is 2. The van der Waals surface area contributed by atoms with Crippen molar-refractivity contribution in [2.45, 2.75) is 19.5 Å². The van der Waals surface area contributed by atoms with Gasteiger partial charge >= 0.3 is 0 Å². The third-order valence-corrected chi connectivity index (χ3v) is 8.41. The minimum absolute atomic E-state index is 0.103. The first-order valence-corrected chi connectivity index (χ1v) is 14.3. The maximum absolute atomic E-state index is 14.3. The molecule has 0 saturated carbocycles. The molecule has 1 fully saturated rings. The van der Waals surface area contributed by atoms with Crippen molar-refractivity contribution >= 4 is 23.2 Å². The Kier molecular flexibility index (Phi) is 7.76. The molecule has 3 heterocycles. The van der Waals surface area contributed by atoms with Gasteiger partial charge in [0.2, 0.25) is 5.91 Å². The van der Waals surface area contributed by atoms with Crippen molar-refractivity contribution in [3.8, 4) is 21.0 Å². The van der Waals surface area contributed by atoms with Gasteiger partial charge in [-0.25, -0.2) is 22.8 Å². The van der Waals surface area contributed by atoms with E-state index >= 15 is 0 Å². The van der Waals surface area contributed by atoms with Gasteiger partial charge in [0.25, 0.3) is 5.91 Å². The van der Waals surface area contributed by atoms with Crippen LogP contribution in [0.4, 0.5) is 13.2 Å². The Morgan fingerprint density at radius 3 is 2.26 bits per heavy atom. The molecule has 43 heavy (non-hydrogen) atoms. The smallest absolute Gasteiger partial charge is 0.274 e. The van der Waals surface area contributed by atoms with Crippen LogP contribution in [0.15, 0.2) is 79.0 Å². The minimum atomic E-state index is -1.02. The molecule has 1 aliphatic rings. The van der Waals surface area contributed by atoms with E-state index in [2.05, 4.69) is 10.3 Å². The Bertz CT molecular complexity index is 1770. The fourth-order valence-corrected chi connectivity index (χ4v) is 6.08. The third kappa shape index (κ3) is 5.78. The lowest BCUT2D eigenvalue weighted by Gasteiger charge is -2.33. The zero-order chi connectivity index (χ0) is 30.1. The monoisotopic (exact) mass is 602 g/mol. The van der Waals surface area contributed by atoms with Crippen molar-refractivity contribution in [2.75, 3.05) is 19.6 Å². The predicted molar refractivity (Wildman–Crippen MR) is 154 cm³/mol. The summed E-state index contributed by atoms with van der Waals surface area (Å²) in [5.41, 5.74) is 2.13. The van der Waals surface area contributed by atoms with Gasteiger partial charge in [-0.2, -0.15) is 0 Å². The zero-order valence-corrected chi connectivity index (χ0v) is 23.8. The van der Waals surface area contributed by atoms with Crippen LogP contribution in [0, 0.1) is 17.5 Å². The summed E-state index contributed by atoms with van der Waals surface area (Å²) in [6, 6.07) is 19.5. The van der Waals surface area contributed by atoms with E-state index in [1.807, 2.05) is 60.7 Å². The SMILES string of the molecule is C[C@H](c1c(F)cc(F)cc1F)n1cc(CN2CCN(C(=O)c3nc(-c4ccccc4)sc3-c3ccccc3)CC2=O)nn1. The number of nitrogens with zero attached hydrogens (tertiary/aromatic N) is 6. The summed E-state index contributed by atoms with van der Waals surface area (Å²) >= 11 is 1.43. The molecule has 1 saturated heterocycles. The number of piperazine rings is 1. The van der Waals surface area contributed by atoms with Gasteiger partial charge < -0.3 is 9.80 Å². The predicted octanol–water partition coefficient (Wildman–Crippen LogP) is 5.58. The van der Waals surface area contributed by atoms with Gasteiger partial charge in [-0.05, 0) is 12.5 Å². The van der Waals surface area contributed by atoms with Crippen LogP contribution in [0.5, 0.6) is 0 Å². The maximum Gasteiger partial charge on any atom is 0.274 e. The number of hydrogen-bond acceptors (Lipinski definition) is 6. The van der Waals surface area contributed by atoms with Crippen molar-refractivity contribution in [1.82, 2.24) is 29.8 Å². The molecule has 0 N–H and O–H groups in total. The van der Waals surface area contributed by atoms with Crippen molar-refractivity contribution < 1.29 is 22.8 Å². The molecule has 3 aromatic carbocycles. The molecule has 2 aromatic heterocycles. The van der Waals surface area contributed by atoms with Crippen molar-refractivity contribution in [3.05, 3.63) is 113 Å². The summed E-state index contributed by atoms with van der Waals surface area (Å²) in [5.74, 6) is -3.66. The van der Waals surface area contributed by atoms with Crippen LogP contribution < -0.4 is 0 Å². The fraction of sp³-hybridized carbons (Fsp3) is 0.194. The van der Waals surface area contributed by atoms with Crippen molar-refractivity contribution in [3.63, 3.8) is 0 Å². The highest BCUT2D eigenvalue weighted by molar-refractivity contribution is 7.18. The molecular formula is C31H25F3N6O2S. The normalized spacial score (nSPS) is 14.3. The maximum atomic E-state index is 14.3. The van der Waals surface area contributed by atoms with Gasteiger partial charge in [0, 0.05) is 36.3 Å². The van der Waals surface area contributed by atoms with E-state index < -0.39 is 23.5 Å². The van der Waals surface area contributed by atoms with Gasteiger partial charge in [-0.3, -0.25) is 9.59 Å². The standard InChI is InChI=1S/C31H25F3N6O2S/c1-19(27-24(33)14-22(32)15-25(27)34)40-17-23(36-37-40)16-38-12-13-39(18-26(38)41)31(42)28-29(20-8-4-2-5-9-20)43-30(35-28)21-10-6-3-7-11-21/h2-11,14-15,17,19H,12-13,16,18H2,1H3/t19-/m1/s1. The zero-order valence-electron chi connectivity index (χ0n) is 23.0. The number of carbonyl (C=O) groups is 2. The van der Waals surface area contributed by atoms with E-state index in [1.54, 1.807) is 4.90 Å². The summed E-state index contributed by atoms with van der Waals surface area (Å²) in [4.78, 5) is 35.4. The molecule has 5 aromatic rings. The molecule has 2 amide bonds. The highest BCUT2D eigenvalue weighted by Gasteiger charge is 2.32. The number of halogens is 3. The van der Waals surface area contributed by atoms with Crippen LogP contribution >= 0.6 is 11.3 Å². The second-order valence-electron chi connectivity index (χ2n) is 10.1. The fourth-order valence-electron chi connectivity index (χ4n) is 5.01.